The Morgan fingerprint density at radius 3 is 2.43 bits per heavy atom. The molecule has 1 aliphatic rings. The predicted molar refractivity (Wildman–Crippen MR) is 106 cm³/mol. The number of benzene rings is 1. The molecule has 30 heavy (non-hydrogen) atoms. The topological polar surface area (TPSA) is 82.3 Å². The number of fused-ring (bicyclic) bond motifs is 1. The van der Waals surface area contributed by atoms with E-state index in [9.17, 15) is 27.6 Å². The Morgan fingerprint density at radius 1 is 1.27 bits per heavy atom. The van der Waals surface area contributed by atoms with Gasteiger partial charge in [0.2, 0.25) is 0 Å². The van der Waals surface area contributed by atoms with Gasteiger partial charge in [0.15, 0.2) is 0 Å². The lowest BCUT2D eigenvalue weighted by molar-refractivity contribution is 0.0635. The quantitative estimate of drug-likeness (QED) is 0.785. The van der Waals surface area contributed by atoms with E-state index in [0.717, 1.165) is 41.0 Å². The first kappa shape index (κ1) is 21.9. The molecule has 1 saturated carbocycles. The monoisotopic (exact) mass is 427 g/mol. The number of carbonyl (C=O) groups excluding carboxylic acids is 1. The van der Waals surface area contributed by atoms with Crippen molar-refractivity contribution >= 4 is 22.7 Å². The first-order valence-corrected chi connectivity index (χ1v) is 9.66. The van der Waals surface area contributed by atoms with Gasteiger partial charge in [-0.2, -0.15) is 0 Å². The maximum absolute atomic E-state index is 14.7. The van der Waals surface area contributed by atoms with Gasteiger partial charge in [0, 0.05) is 12.6 Å². The predicted octanol–water partition coefficient (Wildman–Crippen LogP) is 3.89. The van der Waals surface area contributed by atoms with E-state index in [-0.39, 0.29) is 29.1 Å². The summed E-state index contributed by atoms with van der Waals surface area (Å²) in [6.45, 7) is 6.12. The number of hydrogen-bond donors (Lipinski definition) is 1. The van der Waals surface area contributed by atoms with Crippen LogP contribution in [0.4, 0.5) is 23.7 Å². The average molecular weight is 427 g/mol. The van der Waals surface area contributed by atoms with Crippen LogP contribution in [0.25, 0.3) is 10.9 Å². The van der Waals surface area contributed by atoms with Crippen LogP contribution in [0.3, 0.4) is 0 Å². The number of rotatable bonds is 5. The third-order valence-corrected chi connectivity index (χ3v) is 4.80. The lowest BCUT2D eigenvalue weighted by Crippen LogP contribution is -2.42. The third kappa shape index (κ3) is 4.52. The van der Waals surface area contributed by atoms with Gasteiger partial charge in [-0.3, -0.25) is 19.2 Å². The number of carbonyl (C=O) groups is 1. The van der Waals surface area contributed by atoms with Gasteiger partial charge < -0.3 is 4.74 Å². The maximum Gasteiger partial charge on any atom is 0.412 e. The van der Waals surface area contributed by atoms with Gasteiger partial charge >= 0.3 is 11.8 Å². The molecule has 1 amide bonds. The Morgan fingerprint density at radius 2 is 1.90 bits per heavy atom. The first-order valence-electron chi connectivity index (χ1n) is 9.66. The molecular formula is C20H24F3N3O4. The summed E-state index contributed by atoms with van der Waals surface area (Å²) >= 11 is 0. The summed E-state index contributed by atoms with van der Waals surface area (Å²) in [6, 6.07) is 0.287. The average Bonchev–Trinajstić information content (AvgIpc) is 3.42. The van der Waals surface area contributed by atoms with E-state index in [1.165, 1.54) is 0 Å². The van der Waals surface area contributed by atoms with Crippen molar-refractivity contribution in [3.8, 4) is 0 Å². The molecule has 1 fully saturated rings. The molecular weight excluding hydrogens is 403 g/mol. The summed E-state index contributed by atoms with van der Waals surface area (Å²) < 4.78 is 48.2. The van der Waals surface area contributed by atoms with Crippen LogP contribution in [-0.4, -0.2) is 27.3 Å². The number of aromatic nitrogens is 2. The standard InChI is InChI=1S/C20H24F3N3O4/c1-10(16(22)23)26-15-8-13(21)14(24-18(28)30-20(2,3)4)7-12(15)17(27)25(19(26)29)9-11-5-6-11/h7-8,10-11,16H,5-6,9H2,1-4H3,(H,24,28). The molecule has 0 aliphatic heterocycles. The van der Waals surface area contributed by atoms with Crippen LogP contribution >= 0.6 is 0 Å². The van der Waals surface area contributed by atoms with Gasteiger partial charge in [-0.05, 0) is 52.5 Å². The second kappa shape index (κ2) is 7.81. The summed E-state index contributed by atoms with van der Waals surface area (Å²) in [7, 11) is 0. The molecule has 0 bridgehead atoms. The smallest absolute Gasteiger partial charge is 0.412 e. The molecule has 1 heterocycles. The van der Waals surface area contributed by atoms with Crippen molar-refractivity contribution in [3.05, 3.63) is 38.8 Å². The van der Waals surface area contributed by atoms with E-state index >= 15 is 0 Å². The molecule has 0 radical (unpaired) electrons. The van der Waals surface area contributed by atoms with Crippen molar-refractivity contribution in [2.45, 2.75) is 65.1 Å². The van der Waals surface area contributed by atoms with Gasteiger partial charge in [-0.15, -0.1) is 0 Å². The van der Waals surface area contributed by atoms with Crippen LogP contribution in [0.2, 0.25) is 0 Å². The zero-order valence-corrected chi connectivity index (χ0v) is 17.2. The molecule has 1 aromatic carbocycles. The first-order chi connectivity index (χ1) is 13.9. The fourth-order valence-electron chi connectivity index (χ4n) is 3.13. The second-order valence-electron chi connectivity index (χ2n) is 8.56. The van der Waals surface area contributed by atoms with E-state index in [1.807, 2.05) is 0 Å². The van der Waals surface area contributed by atoms with Crippen LogP contribution in [0.5, 0.6) is 0 Å². The molecule has 2 aromatic rings. The van der Waals surface area contributed by atoms with E-state index in [4.69, 9.17) is 4.74 Å². The van der Waals surface area contributed by atoms with Gasteiger partial charge in [0.25, 0.3) is 12.0 Å². The van der Waals surface area contributed by atoms with Gasteiger partial charge in [-0.25, -0.2) is 22.8 Å². The Hall–Kier alpha value is -2.78. The number of alkyl halides is 2. The molecule has 10 heteroatoms. The lowest BCUT2D eigenvalue weighted by atomic mass is 10.1. The highest BCUT2D eigenvalue weighted by molar-refractivity contribution is 5.90. The Labute approximate surface area is 170 Å². The maximum atomic E-state index is 14.7. The van der Waals surface area contributed by atoms with Crippen molar-refractivity contribution in [2.24, 2.45) is 5.92 Å². The fraction of sp³-hybridized carbons (Fsp3) is 0.550. The summed E-state index contributed by atoms with van der Waals surface area (Å²) in [5.41, 5.74) is -3.05. The van der Waals surface area contributed by atoms with E-state index in [2.05, 4.69) is 5.32 Å². The van der Waals surface area contributed by atoms with E-state index < -0.39 is 41.2 Å². The number of amides is 1. The zero-order valence-electron chi connectivity index (χ0n) is 17.2. The normalized spacial score (nSPS) is 15.5. The molecule has 7 nitrogen and oxygen atoms in total. The van der Waals surface area contributed by atoms with Crippen LogP contribution < -0.4 is 16.6 Å². The Kier molecular flexibility index (Phi) is 5.70. The van der Waals surface area contributed by atoms with Crippen molar-refractivity contribution < 1.29 is 22.7 Å². The largest absolute Gasteiger partial charge is 0.444 e. The van der Waals surface area contributed by atoms with Crippen molar-refractivity contribution in [2.75, 3.05) is 5.32 Å². The number of nitrogens with zero attached hydrogens (tertiary/aromatic N) is 2. The van der Waals surface area contributed by atoms with Gasteiger partial charge in [0.05, 0.1) is 22.6 Å². The van der Waals surface area contributed by atoms with E-state index in [1.54, 1.807) is 20.8 Å². The highest BCUT2D eigenvalue weighted by Gasteiger charge is 2.28. The number of hydrogen-bond acceptors (Lipinski definition) is 4. The van der Waals surface area contributed by atoms with Crippen LogP contribution in [-0.2, 0) is 11.3 Å². The number of halogens is 3. The molecule has 3 rings (SSSR count). The van der Waals surface area contributed by atoms with Crippen molar-refractivity contribution in [3.63, 3.8) is 0 Å². The summed E-state index contributed by atoms with van der Waals surface area (Å²) in [5, 5.41) is 2.08. The van der Waals surface area contributed by atoms with Gasteiger partial charge in [-0.1, -0.05) is 0 Å². The number of nitrogens with one attached hydrogen (secondary N) is 1. The second-order valence-corrected chi connectivity index (χ2v) is 8.56. The molecule has 1 aliphatic carbocycles. The summed E-state index contributed by atoms with van der Waals surface area (Å²) in [5.74, 6) is -0.856. The molecule has 1 N–H and O–H groups in total. The minimum absolute atomic E-state index is 0.107. The summed E-state index contributed by atoms with van der Waals surface area (Å²) in [4.78, 5) is 37.8. The van der Waals surface area contributed by atoms with Gasteiger partial charge in [0.1, 0.15) is 11.4 Å². The lowest BCUT2D eigenvalue weighted by Gasteiger charge is -2.21. The molecule has 0 saturated heterocycles. The van der Waals surface area contributed by atoms with Crippen LogP contribution in [0, 0.1) is 11.7 Å². The molecule has 1 aromatic heterocycles. The highest BCUT2D eigenvalue weighted by Crippen LogP contribution is 2.30. The molecule has 1 unspecified atom stereocenters. The van der Waals surface area contributed by atoms with Crippen LogP contribution in [0.1, 0.15) is 46.6 Å². The Bertz CT molecular complexity index is 1100. The fourth-order valence-corrected chi connectivity index (χ4v) is 3.13. The number of anilines is 1. The van der Waals surface area contributed by atoms with E-state index in [0.29, 0.717) is 0 Å². The molecule has 1 atom stereocenters. The van der Waals surface area contributed by atoms with Crippen molar-refractivity contribution in [1.82, 2.24) is 9.13 Å². The molecule has 0 spiro atoms. The Balaban J connectivity index is 2.18. The minimum Gasteiger partial charge on any atom is -0.444 e. The SMILES string of the molecule is CC(C(F)F)n1c(=O)n(CC2CC2)c(=O)c2cc(NC(=O)OC(C)(C)C)c(F)cc21. The number of ether oxygens (including phenoxy) is 1. The highest BCUT2D eigenvalue weighted by atomic mass is 19.3. The van der Waals surface area contributed by atoms with Crippen molar-refractivity contribution in [1.29, 1.82) is 0 Å². The minimum atomic E-state index is -2.90. The zero-order chi connectivity index (χ0) is 22.4. The summed E-state index contributed by atoms with van der Waals surface area (Å²) in [6.07, 6.45) is -2.17. The molecule has 164 valence electrons. The van der Waals surface area contributed by atoms with Crippen LogP contribution in [0.15, 0.2) is 21.7 Å². The third-order valence-electron chi connectivity index (χ3n) is 4.80.